The van der Waals surface area contributed by atoms with E-state index in [-0.39, 0.29) is 17.7 Å². The molecule has 0 aromatic heterocycles. The SMILES string of the molecule is COCC(=O)c1ccc(C(=O)O)cc1[N+](=O)[O-]. The molecule has 0 amide bonds. The van der Waals surface area contributed by atoms with Crippen LogP contribution in [-0.2, 0) is 4.74 Å². The second-order valence-corrected chi connectivity index (χ2v) is 3.15. The van der Waals surface area contributed by atoms with Gasteiger partial charge < -0.3 is 9.84 Å². The molecule has 90 valence electrons. The first-order valence-electron chi connectivity index (χ1n) is 4.51. The van der Waals surface area contributed by atoms with Crippen LogP contribution in [0.25, 0.3) is 0 Å². The Labute approximate surface area is 95.8 Å². The Kier molecular flexibility index (Phi) is 3.89. The highest BCUT2D eigenvalue weighted by molar-refractivity contribution is 6.02. The standard InChI is InChI=1S/C10H9NO6/c1-17-5-9(12)7-3-2-6(10(13)14)4-8(7)11(15)16/h2-4H,5H2,1H3,(H,13,14). The molecule has 7 heteroatoms. The molecule has 0 bridgehead atoms. The van der Waals surface area contributed by atoms with Gasteiger partial charge in [-0.1, -0.05) is 0 Å². The molecule has 0 heterocycles. The van der Waals surface area contributed by atoms with Gasteiger partial charge >= 0.3 is 5.97 Å². The highest BCUT2D eigenvalue weighted by Crippen LogP contribution is 2.21. The number of nitro benzene ring substituents is 1. The van der Waals surface area contributed by atoms with Gasteiger partial charge in [-0.2, -0.15) is 0 Å². The maximum Gasteiger partial charge on any atom is 0.335 e. The maximum atomic E-state index is 11.5. The quantitative estimate of drug-likeness (QED) is 0.468. The summed E-state index contributed by atoms with van der Waals surface area (Å²) in [6.07, 6.45) is 0. The van der Waals surface area contributed by atoms with Crippen LogP contribution in [0.3, 0.4) is 0 Å². The minimum Gasteiger partial charge on any atom is -0.478 e. The average Bonchev–Trinajstić information content (AvgIpc) is 2.28. The van der Waals surface area contributed by atoms with Crippen LogP contribution in [0, 0.1) is 10.1 Å². The van der Waals surface area contributed by atoms with Gasteiger partial charge in [-0.15, -0.1) is 0 Å². The van der Waals surface area contributed by atoms with Crippen molar-refractivity contribution in [3.8, 4) is 0 Å². The minimum atomic E-state index is -1.29. The lowest BCUT2D eigenvalue weighted by molar-refractivity contribution is -0.385. The molecule has 1 aromatic rings. The molecular formula is C10H9NO6. The molecule has 0 radical (unpaired) electrons. The summed E-state index contributed by atoms with van der Waals surface area (Å²) >= 11 is 0. The predicted molar refractivity (Wildman–Crippen MR) is 56.3 cm³/mol. The van der Waals surface area contributed by atoms with E-state index >= 15 is 0 Å². The van der Waals surface area contributed by atoms with Crippen molar-refractivity contribution in [2.24, 2.45) is 0 Å². The van der Waals surface area contributed by atoms with Gasteiger partial charge in [0.1, 0.15) is 6.61 Å². The second-order valence-electron chi connectivity index (χ2n) is 3.15. The number of ether oxygens (including phenoxy) is 1. The summed E-state index contributed by atoms with van der Waals surface area (Å²) < 4.78 is 4.58. The number of nitro groups is 1. The third-order valence-electron chi connectivity index (χ3n) is 2.02. The maximum absolute atomic E-state index is 11.5. The van der Waals surface area contributed by atoms with Gasteiger partial charge in [0.05, 0.1) is 16.1 Å². The minimum absolute atomic E-state index is 0.165. The van der Waals surface area contributed by atoms with Crippen molar-refractivity contribution in [1.82, 2.24) is 0 Å². The number of hydrogen-bond donors (Lipinski definition) is 1. The van der Waals surface area contributed by atoms with Crippen LogP contribution >= 0.6 is 0 Å². The van der Waals surface area contributed by atoms with Crippen molar-refractivity contribution < 1.29 is 24.4 Å². The van der Waals surface area contributed by atoms with Gasteiger partial charge in [0, 0.05) is 13.2 Å². The zero-order chi connectivity index (χ0) is 13.0. The Morgan fingerprint density at radius 2 is 2.12 bits per heavy atom. The first kappa shape index (κ1) is 12.8. The van der Waals surface area contributed by atoms with Crippen LogP contribution in [-0.4, -0.2) is 35.5 Å². The van der Waals surface area contributed by atoms with Gasteiger partial charge in [0.2, 0.25) is 0 Å². The normalized spacial score (nSPS) is 9.94. The van der Waals surface area contributed by atoms with Crippen molar-refractivity contribution in [3.05, 3.63) is 39.4 Å². The van der Waals surface area contributed by atoms with Crippen LogP contribution in [0.4, 0.5) is 5.69 Å². The van der Waals surface area contributed by atoms with Gasteiger partial charge in [-0.3, -0.25) is 14.9 Å². The van der Waals surface area contributed by atoms with Gasteiger partial charge in [0.25, 0.3) is 5.69 Å². The molecular weight excluding hydrogens is 230 g/mol. The number of carbonyl (C=O) groups is 2. The number of ketones is 1. The van der Waals surface area contributed by atoms with Gasteiger partial charge in [-0.05, 0) is 12.1 Å². The number of carbonyl (C=O) groups excluding carboxylic acids is 1. The number of Topliss-reactive ketones (excluding diaryl/α,β-unsaturated/α-hetero) is 1. The number of carboxylic acid groups (broad SMARTS) is 1. The molecule has 0 aliphatic heterocycles. The Hall–Kier alpha value is -2.28. The van der Waals surface area contributed by atoms with E-state index in [2.05, 4.69) is 4.74 Å². The van der Waals surface area contributed by atoms with Crippen LogP contribution in [0.5, 0.6) is 0 Å². The van der Waals surface area contributed by atoms with E-state index in [0.29, 0.717) is 0 Å². The summed E-state index contributed by atoms with van der Waals surface area (Å²) in [5.74, 6) is -1.87. The van der Waals surface area contributed by atoms with E-state index in [9.17, 15) is 19.7 Å². The highest BCUT2D eigenvalue weighted by atomic mass is 16.6. The first-order valence-corrected chi connectivity index (χ1v) is 4.51. The number of carboxylic acids is 1. The lowest BCUT2D eigenvalue weighted by Crippen LogP contribution is -2.11. The summed E-state index contributed by atoms with van der Waals surface area (Å²) in [6.45, 7) is -0.298. The highest BCUT2D eigenvalue weighted by Gasteiger charge is 2.21. The number of nitrogens with zero attached hydrogens (tertiary/aromatic N) is 1. The van der Waals surface area contributed by atoms with E-state index in [1.807, 2.05) is 0 Å². The zero-order valence-electron chi connectivity index (χ0n) is 8.87. The lowest BCUT2D eigenvalue weighted by atomic mass is 10.1. The van der Waals surface area contributed by atoms with Crippen molar-refractivity contribution in [3.63, 3.8) is 0 Å². The van der Waals surface area contributed by atoms with Crippen LogP contribution in [0.15, 0.2) is 18.2 Å². The number of methoxy groups -OCH3 is 1. The number of aromatic carboxylic acids is 1. The molecule has 0 saturated heterocycles. The average molecular weight is 239 g/mol. The molecule has 7 nitrogen and oxygen atoms in total. The van der Waals surface area contributed by atoms with E-state index < -0.39 is 22.4 Å². The van der Waals surface area contributed by atoms with Crippen molar-refractivity contribution in [2.45, 2.75) is 0 Å². The van der Waals surface area contributed by atoms with Crippen LogP contribution in [0.2, 0.25) is 0 Å². The molecule has 17 heavy (non-hydrogen) atoms. The summed E-state index contributed by atoms with van der Waals surface area (Å²) in [7, 11) is 1.29. The third kappa shape index (κ3) is 2.85. The van der Waals surface area contributed by atoms with Crippen molar-refractivity contribution in [1.29, 1.82) is 0 Å². The van der Waals surface area contributed by atoms with Gasteiger partial charge in [0.15, 0.2) is 5.78 Å². The first-order chi connectivity index (χ1) is 7.97. The fraction of sp³-hybridized carbons (Fsp3) is 0.200. The molecule has 0 atom stereocenters. The summed E-state index contributed by atoms with van der Waals surface area (Å²) in [6, 6.07) is 3.10. The molecule has 0 aliphatic carbocycles. The Balaban J connectivity index is 3.27. The summed E-state index contributed by atoms with van der Waals surface area (Å²) in [5.41, 5.74) is -0.945. The van der Waals surface area contributed by atoms with Crippen LogP contribution < -0.4 is 0 Å². The van der Waals surface area contributed by atoms with E-state index in [0.717, 1.165) is 18.2 Å². The molecule has 0 aliphatic rings. The largest absolute Gasteiger partial charge is 0.478 e. The van der Waals surface area contributed by atoms with E-state index in [1.165, 1.54) is 7.11 Å². The van der Waals surface area contributed by atoms with Crippen molar-refractivity contribution >= 4 is 17.4 Å². The number of benzene rings is 1. The summed E-state index contributed by atoms with van der Waals surface area (Å²) in [5, 5.41) is 19.4. The third-order valence-corrected chi connectivity index (χ3v) is 2.02. The molecule has 0 spiro atoms. The second kappa shape index (κ2) is 5.17. The molecule has 0 fully saturated rings. The van der Waals surface area contributed by atoms with E-state index in [4.69, 9.17) is 5.11 Å². The lowest BCUT2D eigenvalue weighted by Gasteiger charge is -2.02. The molecule has 1 N–H and O–H groups in total. The Bertz CT molecular complexity index is 482. The smallest absolute Gasteiger partial charge is 0.335 e. The van der Waals surface area contributed by atoms with Crippen LogP contribution in [0.1, 0.15) is 20.7 Å². The topological polar surface area (TPSA) is 107 Å². The summed E-state index contributed by atoms with van der Waals surface area (Å²) in [4.78, 5) is 32.1. The number of rotatable bonds is 5. The monoisotopic (exact) mass is 239 g/mol. The molecule has 0 unspecified atom stereocenters. The Morgan fingerprint density at radius 3 is 2.59 bits per heavy atom. The van der Waals surface area contributed by atoms with Crippen molar-refractivity contribution in [2.75, 3.05) is 13.7 Å². The van der Waals surface area contributed by atoms with E-state index in [1.54, 1.807) is 0 Å². The molecule has 1 aromatic carbocycles. The fourth-order valence-corrected chi connectivity index (χ4v) is 1.26. The Morgan fingerprint density at radius 1 is 1.47 bits per heavy atom. The predicted octanol–water partition coefficient (Wildman–Crippen LogP) is 1.12. The fourth-order valence-electron chi connectivity index (χ4n) is 1.26. The zero-order valence-corrected chi connectivity index (χ0v) is 8.87. The number of hydrogen-bond acceptors (Lipinski definition) is 5. The molecule has 0 saturated carbocycles. The van der Waals surface area contributed by atoms with Gasteiger partial charge in [-0.25, -0.2) is 4.79 Å². The molecule has 1 rings (SSSR count).